The molecule has 1 aromatic heterocycles. The Balaban J connectivity index is 0.00000169. The van der Waals surface area contributed by atoms with Crippen LogP contribution < -0.4 is 10.6 Å². The second kappa shape index (κ2) is 7.64. The van der Waals surface area contributed by atoms with Crippen molar-refractivity contribution in [3.8, 4) is 11.3 Å². The number of nitrogens with zero attached hydrogens (tertiary/aromatic N) is 1. The van der Waals surface area contributed by atoms with E-state index in [4.69, 9.17) is 0 Å². The summed E-state index contributed by atoms with van der Waals surface area (Å²) >= 11 is 1.51. The molecule has 2 heterocycles. The quantitative estimate of drug-likeness (QED) is 0.875. The average Bonchev–Trinajstić information content (AvgIpc) is 3.23. The number of carbonyl (C=O) groups excluding carboxylic acids is 1. The molecule has 1 aliphatic carbocycles. The fourth-order valence-electron chi connectivity index (χ4n) is 3.48. The lowest BCUT2D eigenvalue weighted by Crippen LogP contribution is -2.37. The average molecular weight is 364 g/mol. The highest BCUT2D eigenvalue weighted by Crippen LogP contribution is 2.30. The van der Waals surface area contributed by atoms with Crippen molar-refractivity contribution in [2.24, 2.45) is 5.92 Å². The minimum Gasteiger partial charge on any atom is -0.316 e. The number of benzene rings is 1. The van der Waals surface area contributed by atoms with Gasteiger partial charge in [-0.2, -0.15) is 0 Å². The molecule has 4 nitrogen and oxygen atoms in total. The zero-order chi connectivity index (χ0) is 15.6. The number of aryl methyl sites for hydroxylation is 2. The molecule has 4 rings (SSSR count). The third-order valence-corrected chi connectivity index (χ3v) is 5.55. The largest absolute Gasteiger partial charge is 0.316 e. The van der Waals surface area contributed by atoms with E-state index in [1.165, 1.54) is 41.7 Å². The summed E-state index contributed by atoms with van der Waals surface area (Å²) in [6.07, 6.45) is 5.65. The molecular formula is C18H22ClN3OS. The van der Waals surface area contributed by atoms with Crippen LogP contribution in [0.3, 0.4) is 0 Å². The number of fused-ring (bicyclic) bond motifs is 1. The van der Waals surface area contributed by atoms with Gasteiger partial charge in [-0.1, -0.05) is 12.1 Å². The van der Waals surface area contributed by atoms with Crippen molar-refractivity contribution in [3.05, 3.63) is 34.7 Å². The number of hydrogen-bond donors (Lipinski definition) is 2. The summed E-state index contributed by atoms with van der Waals surface area (Å²) in [5.74, 6) is 0.156. The molecule has 2 aliphatic rings. The van der Waals surface area contributed by atoms with E-state index in [0.29, 0.717) is 5.13 Å². The van der Waals surface area contributed by atoms with Crippen molar-refractivity contribution in [2.45, 2.75) is 32.1 Å². The number of anilines is 1. The molecular weight excluding hydrogens is 342 g/mol. The highest BCUT2D eigenvalue weighted by Gasteiger charge is 2.22. The summed E-state index contributed by atoms with van der Waals surface area (Å²) in [5, 5.41) is 9.00. The number of nitrogens with one attached hydrogen (secondary N) is 2. The van der Waals surface area contributed by atoms with Crippen LogP contribution in [0, 0.1) is 5.92 Å². The predicted octanol–water partition coefficient (Wildman–Crippen LogP) is 3.66. The van der Waals surface area contributed by atoms with Crippen molar-refractivity contribution < 1.29 is 4.79 Å². The lowest BCUT2D eigenvalue weighted by molar-refractivity contribution is -0.120. The Hall–Kier alpha value is -1.43. The Morgan fingerprint density at radius 2 is 2.12 bits per heavy atom. The molecule has 6 heteroatoms. The number of halogens is 1. The summed E-state index contributed by atoms with van der Waals surface area (Å²) in [5.41, 5.74) is 5.04. The van der Waals surface area contributed by atoms with Crippen molar-refractivity contribution in [2.75, 3.05) is 18.4 Å². The monoisotopic (exact) mass is 363 g/mol. The molecule has 0 saturated carbocycles. The second-order valence-electron chi connectivity index (χ2n) is 6.41. The molecule has 1 amide bonds. The first kappa shape index (κ1) is 17.4. The number of carbonyl (C=O) groups is 1. The molecule has 1 aromatic carbocycles. The standard InChI is InChI=1S/C18H21N3OS.ClH/c22-17(15-5-2-8-19-10-15)21-18-20-16(11-23-18)14-7-6-12-3-1-4-13(12)9-14;/h6-7,9,11,15,19H,1-5,8,10H2,(H,20,21,22);1H. The molecule has 2 aromatic rings. The smallest absolute Gasteiger partial charge is 0.230 e. The van der Waals surface area contributed by atoms with Gasteiger partial charge in [0.25, 0.3) is 0 Å². The fraction of sp³-hybridized carbons (Fsp3) is 0.444. The second-order valence-corrected chi connectivity index (χ2v) is 7.27. The predicted molar refractivity (Wildman–Crippen MR) is 101 cm³/mol. The van der Waals surface area contributed by atoms with E-state index >= 15 is 0 Å². The molecule has 1 fully saturated rings. The Kier molecular flexibility index (Phi) is 5.54. The van der Waals surface area contributed by atoms with Crippen LogP contribution >= 0.6 is 23.7 Å². The Labute approximate surface area is 152 Å². The first-order valence-electron chi connectivity index (χ1n) is 8.39. The van der Waals surface area contributed by atoms with Gasteiger partial charge in [0, 0.05) is 17.5 Å². The number of piperidine rings is 1. The number of thiazole rings is 1. The number of aromatic nitrogens is 1. The van der Waals surface area contributed by atoms with Crippen molar-refractivity contribution >= 4 is 34.8 Å². The van der Waals surface area contributed by atoms with Gasteiger partial charge in [-0.3, -0.25) is 4.79 Å². The first-order chi connectivity index (χ1) is 11.3. The SMILES string of the molecule is Cl.O=C(Nc1nc(-c2ccc3c(c2)CCC3)cs1)C1CCCNC1. The Morgan fingerprint density at radius 3 is 2.96 bits per heavy atom. The van der Waals surface area contributed by atoms with E-state index in [-0.39, 0.29) is 24.2 Å². The fourth-order valence-corrected chi connectivity index (χ4v) is 4.20. The summed E-state index contributed by atoms with van der Waals surface area (Å²) in [4.78, 5) is 16.9. The van der Waals surface area contributed by atoms with Gasteiger partial charge in [-0.05, 0) is 55.8 Å². The molecule has 1 unspecified atom stereocenters. The van der Waals surface area contributed by atoms with E-state index in [1.54, 1.807) is 0 Å². The van der Waals surface area contributed by atoms with Crippen LogP contribution in [0.4, 0.5) is 5.13 Å². The molecule has 2 N–H and O–H groups in total. The van der Waals surface area contributed by atoms with Gasteiger partial charge in [0.1, 0.15) is 0 Å². The zero-order valence-electron chi connectivity index (χ0n) is 13.5. The molecule has 1 saturated heterocycles. The number of amides is 1. The van der Waals surface area contributed by atoms with Crippen LogP contribution in [0.25, 0.3) is 11.3 Å². The molecule has 0 bridgehead atoms. The lowest BCUT2D eigenvalue weighted by atomic mass is 9.99. The van der Waals surface area contributed by atoms with Crippen LogP contribution in [-0.4, -0.2) is 24.0 Å². The van der Waals surface area contributed by atoms with E-state index in [0.717, 1.165) is 37.2 Å². The van der Waals surface area contributed by atoms with Crippen LogP contribution in [0.2, 0.25) is 0 Å². The van der Waals surface area contributed by atoms with Gasteiger partial charge in [-0.25, -0.2) is 4.98 Å². The highest BCUT2D eigenvalue weighted by atomic mass is 35.5. The molecule has 1 atom stereocenters. The maximum absolute atomic E-state index is 12.3. The number of hydrogen-bond acceptors (Lipinski definition) is 4. The first-order valence-corrected chi connectivity index (χ1v) is 9.27. The van der Waals surface area contributed by atoms with Crippen molar-refractivity contribution in [1.29, 1.82) is 0 Å². The van der Waals surface area contributed by atoms with E-state index in [1.807, 2.05) is 5.38 Å². The topological polar surface area (TPSA) is 54.0 Å². The lowest BCUT2D eigenvalue weighted by Gasteiger charge is -2.21. The molecule has 24 heavy (non-hydrogen) atoms. The number of rotatable bonds is 3. The summed E-state index contributed by atoms with van der Waals surface area (Å²) in [6, 6.07) is 6.63. The third kappa shape index (κ3) is 3.63. The molecule has 128 valence electrons. The van der Waals surface area contributed by atoms with E-state index in [2.05, 4.69) is 33.8 Å². The van der Waals surface area contributed by atoms with Gasteiger partial charge < -0.3 is 10.6 Å². The van der Waals surface area contributed by atoms with Crippen LogP contribution in [0.1, 0.15) is 30.4 Å². The summed E-state index contributed by atoms with van der Waals surface area (Å²) < 4.78 is 0. The Bertz CT molecular complexity index is 725. The Morgan fingerprint density at radius 1 is 1.25 bits per heavy atom. The highest BCUT2D eigenvalue weighted by molar-refractivity contribution is 7.14. The van der Waals surface area contributed by atoms with E-state index < -0.39 is 0 Å². The maximum atomic E-state index is 12.3. The van der Waals surface area contributed by atoms with Crippen LogP contribution in [-0.2, 0) is 17.6 Å². The molecule has 0 spiro atoms. The van der Waals surface area contributed by atoms with Crippen LogP contribution in [0.5, 0.6) is 0 Å². The van der Waals surface area contributed by atoms with Gasteiger partial charge in [0.05, 0.1) is 11.6 Å². The molecule has 1 aliphatic heterocycles. The van der Waals surface area contributed by atoms with Crippen LogP contribution in [0.15, 0.2) is 23.6 Å². The van der Waals surface area contributed by atoms with Gasteiger partial charge in [0.15, 0.2) is 5.13 Å². The van der Waals surface area contributed by atoms with E-state index in [9.17, 15) is 4.79 Å². The van der Waals surface area contributed by atoms with Crippen molar-refractivity contribution in [1.82, 2.24) is 10.3 Å². The normalized spacial score (nSPS) is 19.4. The summed E-state index contributed by atoms with van der Waals surface area (Å²) in [6.45, 7) is 1.79. The third-order valence-electron chi connectivity index (χ3n) is 4.80. The minimum atomic E-state index is 0. The van der Waals surface area contributed by atoms with Gasteiger partial charge >= 0.3 is 0 Å². The molecule has 0 radical (unpaired) electrons. The van der Waals surface area contributed by atoms with Gasteiger partial charge in [0.2, 0.25) is 5.91 Å². The summed E-state index contributed by atoms with van der Waals surface area (Å²) in [7, 11) is 0. The zero-order valence-corrected chi connectivity index (χ0v) is 15.1. The van der Waals surface area contributed by atoms with Crippen molar-refractivity contribution in [3.63, 3.8) is 0 Å². The maximum Gasteiger partial charge on any atom is 0.230 e. The minimum absolute atomic E-state index is 0. The van der Waals surface area contributed by atoms with Gasteiger partial charge in [-0.15, -0.1) is 23.7 Å².